The Bertz CT molecular complexity index is 129. The van der Waals surface area contributed by atoms with E-state index in [0.29, 0.717) is 12.0 Å². The second-order valence-electron chi connectivity index (χ2n) is 2.09. The van der Waals surface area contributed by atoms with Gasteiger partial charge < -0.3 is 0 Å². The summed E-state index contributed by atoms with van der Waals surface area (Å²) in [6.07, 6.45) is 2.49. The molecule has 0 unspecified atom stereocenters. The van der Waals surface area contributed by atoms with Crippen LogP contribution in [0.25, 0.3) is 0 Å². The lowest BCUT2D eigenvalue weighted by atomic mass is 10.1. The number of carbonyl (C=O) groups excluding carboxylic acids is 1. The molecule has 0 fully saturated rings. The molecule has 0 aliphatic carbocycles. The molecule has 0 aliphatic heterocycles. The SMILES string of the molecule is C=C(CCCC)C(=O)OO. The van der Waals surface area contributed by atoms with Crippen molar-refractivity contribution in [1.29, 1.82) is 0 Å². The number of hydrogen-bond donors (Lipinski definition) is 1. The average Bonchev–Trinajstić information content (AvgIpc) is 1.98. The van der Waals surface area contributed by atoms with Crippen LogP contribution in [-0.4, -0.2) is 11.2 Å². The van der Waals surface area contributed by atoms with E-state index in [1.165, 1.54) is 0 Å². The molecule has 0 aliphatic rings. The van der Waals surface area contributed by atoms with Gasteiger partial charge in [-0.25, -0.2) is 4.79 Å². The van der Waals surface area contributed by atoms with Gasteiger partial charge in [0.2, 0.25) is 0 Å². The van der Waals surface area contributed by atoms with Crippen molar-refractivity contribution < 1.29 is 14.9 Å². The second kappa shape index (κ2) is 4.99. The molecule has 0 bridgehead atoms. The van der Waals surface area contributed by atoms with Crippen LogP contribution in [0.1, 0.15) is 26.2 Å². The summed E-state index contributed by atoms with van der Waals surface area (Å²) in [5.41, 5.74) is 0.323. The van der Waals surface area contributed by atoms with Crippen molar-refractivity contribution in [3.8, 4) is 0 Å². The summed E-state index contributed by atoms with van der Waals surface area (Å²) in [6.45, 7) is 5.44. The van der Waals surface area contributed by atoms with Crippen molar-refractivity contribution in [3.63, 3.8) is 0 Å². The summed E-state index contributed by atoms with van der Waals surface area (Å²) in [5.74, 6) is -0.728. The Balaban J connectivity index is 3.52. The smallest absolute Gasteiger partial charge is 0.296 e. The van der Waals surface area contributed by atoms with Crippen LogP contribution in [0.3, 0.4) is 0 Å². The van der Waals surface area contributed by atoms with Crippen LogP contribution in [0.4, 0.5) is 0 Å². The molecule has 0 amide bonds. The number of hydrogen-bond acceptors (Lipinski definition) is 3. The molecule has 0 saturated heterocycles. The molecule has 0 aromatic rings. The Morgan fingerprint density at radius 1 is 1.70 bits per heavy atom. The van der Waals surface area contributed by atoms with E-state index < -0.39 is 5.97 Å². The van der Waals surface area contributed by atoms with Gasteiger partial charge in [-0.05, 0) is 12.8 Å². The average molecular weight is 144 g/mol. The van der Waals surface area contributed by atoms with Crippen molar-refractivity contribution in [2.45, 2.75) is 26.2 Å². The van der Waals surface area contributed by atoms with Crippen molar-refractivity contribution >= 4 is 5.97 Å². The van der Waals surface area contributed by atoms with Crippen LogP contribution in [0.2, 0.25) is 0 Å². The molecule has 3 nitrogen and oxygen atoms in total. The van der Waals surface area contributed by atoms with Gasteiger partial charge in [-0.15, -0.1) is 0 Å². The molecule has 0 radical (unpaired) electrons. The van der Waals surface area contributed by atoms with E-state index in [0.717, 1.165) is 12.8 Å². The first-order valence-corrected chi connectivity index (χ1v) is 3.26. The van der Waals surface area contributed by atoms with E-state index in [1.807, 2.05) is 6.92 Å². The van der Waals surface area contributed by atoms with Crippen molar-refractivity contribution in [1.82, 2.24) is 0 Å². The number of unbranched alkanes of at least 4 members (excludes halogenated alkanes) is 1. The third-order valence-electron chi connectivity index (χ3n) is 1.20. The highest BCUT2D eigenvalue weighted by atomic mass is 17.1. The maximum Gasteiger partial charge on any atom is 0.368 e. The summed E-state index contributed by atoms with van der Waals surface area (Å²) in [7, 11) is 0. The summed E-state index contributed by atoms with van der Waals surface area (Å²) in [5, 5.41) is 7.89. The molecule has 0 spiro atoms. The van der Waals surface area contributed by atoms with Crippen LogP contribution >= 0.6 is 0 Å². The van der Waals surface area contributed by atoms with Gasteiger partial charge in [-0.2, -0.15) is 5.26 Å². The summed E-state index contributed by atoms with van der Waals surface area (Å²) in [4.78, 5) is 13.9. The quantitative estimate of drug-likeness (QED) is 0.371. The molecule has 0 aromatic carbocycles. The molecule has 0 heterocycles. The minimum Gasteiger partial charge on any atom is -0.296 e. The summed E-state index contributed by atoms with van der Waals surface area (Å²) >= 11 is 0. The Morgan fingerprint density at radius 2 is 2.30 bits per heavy atom. The highest BCUT2D eigenvalue weighted by Crippen LogP contribution is 2.05. The van der Waals surface area contributed by atoms with E-state index in [4.69, 9.17) is 5.26 Å². The van der Waals surface area contributed by atoms with Gasteiger partial charge in [0.05, 0.1) is 0 Å². The predicted octanol–water partition coefficient (Wildman–Crippen LogP) is 1.75. The van der Waals surface area contributed by atoms with Gasteiger partial charge in [0, 0.05) is 5.57 Å². The minimum atomic E-state index is -0.728. The first-order valence-electron chi connectivity index (χ1n) is 3.26. The Hall–Kier alpha value is -0.830. The van der Waals surface area contributed by atoms with Crippen molar-refractivity contribution in [3.05, 3.63) is 12.2 Å². The van der Waals surface area contributed by atoms with Gasteiger partial charge in [-0.1, -0.05) is 19.9 Å². The molecule has 0 saturated carbocycles. The first kappa shape index (κ1) is 9.17. The lowest BCUT2D eigenvalue weighted by Crippen LogP contribution is -2.03. The molecule has 3 heteroatoms. The van der Waals surface area contributed by atoms with E-state index in [9.17, 15) is 4.79 Å². The standard InChI is InChI=1S/C7H12O3/c1-3-4-5-6(2)7(8)10-9/h9H,2-5H2,1H3. The van der Waals surface area contributed by atoms with Gasteiger partial charge in [0.1, 0.15) is 0 Å². The highest BCUT2D eigenvalue weighted by molar-refractivity contribution is 5.87. The van der Waals surface area contributed by atoms with Crippen LogP contribution in [0, 0.1) is 0 Å². The monoisotopic (exact) mass is 144 g/mol. The van der Waals surface area contributed by atoms with Gasteiger partial charge in [-0.3, -0.25) is 4.89 Å². The number of rotatable bonds is 4. The van der Waals surface area contributed by atoms with E-state index >= 15 is 0 Å². The third kappa shape index (κ3) is 3.25. The molecule has 0 rings (SSSR count). The third-order valence-corrected chi connectivity index (χ3v) is 1.20. The zero-order valence-corrected chi connectivity index (χ0v) is 6.09. The maximum atomic E-state index is 10.4. The largest absolute Gasteiger partial charge is 0.368 e. The molecular weight excluding hydrogens is 132 g/mol. The molecule has 0 aromatic heterocycles. The fraction of sp³-hybridized carbons (Fsp3) is 0.571. The molecule has 58 valence electrons. The summed E-state index contributed by atoms with van der Waals surface area (Å²) < 4.78 is 0. The van der Waals surface area contributed by atoms with Gasteiger partial charge in [0.15, 0.2) is 0 Å². The van der Waals surface area contributed by atoms with Crippen molar-refractivity contribution in [2.75, 3.05) is 0 Å². The number of carbonyl (C=O) groups is 1. The zero-order valence-electron chi connectivity index (χ0n) is 6.09. The topological polar surface area (TPSA) is 46.5 Å². The van der Waals surface area contributed by atoms with Crippen LogP contribution in [0.15, 0.2) is 12.2 Å². The second-order valence-corrected chi connectivity index (χ2v) is 2.09. The van der Waals surface area contributed by atoms with Crippen LogP contribution < -0.4 is 0 Å². The zero-order chi connectivity index (χ0) is 7.98. The molecule has 10 heavy (non-hydrogen) atoms. The lowest BCUT2D eigenvalue weighted by Gasteiger charge is -1.98. The molecule has 1 N–H and O–H groups in total. The molecular formula is C7H12O3. The normalized spacial score (nSPS) is 9.00. The van der Waals surface area contributed by atoms with E-state index in [2.05, 4.69) is 11.5 Å². The predicted molar refractivity (Wildman–Crippen MR) is 37.4 cm³/mol. The fourth-order valence-corrected chi connectivity index (χ4v) is 0.557. The Labute approximate surface area is 60.2 Å². The first-order chi connectivity index (χ1) is 4.72. The maximum absolute atomic E-state index is 10.4. The van der Waals surface area contributed by atoms with Gasteiger partial charge >= 0.3 is 5.97 Å². The van der Waals surface area contributed by atoms with Crippen molar-refractivity contribution in [2.24, 2.45) is 0 Å². The minimum absolute atomic E-state index is 0.323. The summed E-state index contributed by atoms with van der Waals surface area (Å²) in [6, 6.07) is 0. The van der Waals surface area contributed by atoms with Crippen LogP contribution in [0.5, 0.6) is 0 Å². The Kier molecular flexibility index (Phi) is 4.58. The Morgan fingerprint density at radius 3 is 2.70 bits per heavy atom. The molecule has 0 atom stereocenters. The van der Waals surface area contributed by atoms with Crippen LogP contribution in [-0.2, 0) is 9.68 Å². The lowest BCUT2D eigenvalue weighted by molar-refractivity contribution is -0.229. The van der Waals surface area contributed by atoms with E-state index in [-0.39, 0.29) is 0 Å². The fourth-order valence-electron chi connectivity index (χ4n) is 0.557. The van der Waals surface area contributed by atoms with Gasteiger partial charge in [0.25, 0.3) is 0 Å². The highest BCUT2D eigenvalue weighted by Gasteiger charge is 2.05. The van der Waals surface area contributed by atoms with E-state index in [1.54, 1.807) is 0 Å².